The summed E-state index contributed by atoms with van der Waals surface area (Å²) in [5.41, 5.74) is -1.35. The van der Waals surface area contributed by atoms with Crippen LogP contribution >= 0.6 is 0 Å². The smallest absolute Gasteiger partial charge is 0.332 e. The Kier molecular flexibility index (Phi) is 4.70. The number of ether oxygens (including phenoxy) is 1. The average Bonchev–Trinajstić information content (AvgIpc) is 2.96. The molecule has 2 fully saturated rings. The number of carbonyl (C=O) groups is 2. The molecule has 8 heteroatoms. The third-order valence-electron chi connectivity index (χ3n) is 4.01. The molecule has 2 aliphatic rings. The molecule has 2 aliphatic heterocycles. The van der Waals surface area contributed by atoms with Crippen molar-refractivity contribution in [1.82, 2.24) is 15.1 Å². The number of aliphatic hydroxyl groups excluding tert-OH is 1. The Hall–Kier alpha value is -1.38. The van der Waals surface area contributed by atoms with Crippen LogP contribution in [0.15, 0.2) is 0 Å². The summed E-state index contributed by atoms with van der Waals surface area (Å²) in [4.78, 5) is 27.3. The van der Waals surface area contributed by atoms with E-state index in [0.717, 1.165) is 0 Å². The molecule has 0 spiro atoms. The number of hydrogen-bond donors (Lipinski definition) is 3. The molecule has 2 rings (SSSR count). The van der Waals surface area contributed by atoms with Crippen molar-refractivity contribution in [2.75, 3.05) is 40.4 Å². The van der Waals surface area contributed by atoms with E-state index in [4.69, 9.17) is 4.74 Å². The fraction of sp³-hybridized carbons (Fsp3) is 0.846. The zero-order valence-corrected chi connectivity index (χ0v) is 12.4. The van der Waals surface area contributed by atoms with E-state index >= 15 is 0 Å². The minimum absolute atomic E-state index is 0.0250. The van der Waals surface area contributed by atoms with Crippen molar-refractivity contribution in [3.05, 3.63) is 0 Å². The lowest BCUT2D eigenvalue weighted by Gasteiger charge is -2.31. The van der Waals surface area contributed by atoms with Crippen molar-refractivity contribution in [3.63, 3.8) is 0 Å². The molecule has 120 valence electrons. The lowest BCUT2D eigenvalue weighted by Crippen LogP contribution is -2.59. The summed E-state index contributed by atoms with van der Waals surface area (Å²) in [6.45, 7) is 1.14. The van der Waals surface area contributed by atoms with Crippen LogP contribution in [-0.4, -0.2) is 90.1 Å². The zero-order chi connectivity index (χ0) is 15.6. The summed E-state index contributed by atoms with van der Waals surface area (Å²) in [5.74, 6) is -1.09. The maximum absolute atomic E-state index is 12.4. The maximum Gasteiger partial charge on any atom is 0.332 e. The maximum atomic E-state index is 12.4. The topological polar surface area (TPSA) is 102 Å². The number of carbonyl (C=O) groups excluding carboxylic acids is 1. The minimum Gasteiger partial charge on any atom is -0.479 e. The molecule has 8 nitrogen and oxygen atoms in total. The fourth-order valence-electron chi connectivity index (χ4n) is 2.90. The van der Waals surface area contributed by atoms with Crippen LogP contribution in [0.2, 0.25) is 0 Å². The molecule has 3 N–H and O–H groups in total. The SMILES string of the molecule is CN(C)CC1CC(O)CN1C(=O)NC1(C(=O)O)CCOC1. The van der Waals surface area contributed by atoms with Crippen LogP contribution in [0.25, 0.3) is 0 Å². The Balaban J connectivity index is 2.05. The van der Waals surface area contributed by atoms with Gasteiger partial charge in [-0.25, -0.2) is 9.59 Å². The normalized spacial score (nSPS) is 32.7. The van der Waals surface area contributed by atoms with Gasteiger partial charge < -0.3 is 30.1 Å². The molecular formula is C13H23N3O5. The van der Waals surface area contributed by atoms with E-state index in [9.17, 15) is 19.8 Å². The lowest BCUT2D eigenvalue weighted by molar-refractivity contribution is -0.144. The van der Waals surface area contributed by atoms with Gasteiger partial charge in [0.1, 0.15) is 0 Å². The highest BCUT2D eigenvalue weighted by Gasteiger charge is 2.46. The average molecular weight is 301 g/mol. The van der Waals surface area contributed by atoms with Gasteiger partial charge in [0, 0.05) is 32.2 Å². The summed E-state index contributed by atoms with van der Waals surface area (Å²) in [7, 11) is 3.79. The van der Waals surface area contributed by atoms with E-state index in [1.165, 1.54) is 4.90 Å². The van der Waals surface area contributed by atoms with Gasteiger partial charge in [-0.2, -0.15) is 0 Å². The fourth-order valence-corrected chi connectivity index (χ4v) is 2.90. The third kappa shape index (κ3) is 3.45. The highest BCUT2D eigenvalue weighted by molar-refractivity contribution is 5.87. The van der Waals surface area contributed by atoms with Crippen molar-refractivity contribution in [1.29, 1.82) is 0 Å². The Morgan fingerprint density at radius 3 is 2.71 bits per heavy atom. The number of aliphatic carboxylic acids is 1. The predicted molar refractivity (Wildman–Crippen MR) is 74.0 cm³/mol. The molecule has 21 heavy (non-hydrogen) atoms. The number of amides is 2. The number of nitrogens with one attached hydrogen (secondary N) is 1. The summed E-state index contributed by atoms with van der Waals surface area (Å²) < 4.78 is 5.13. The summed E-state index contributed by atoms with van der Waals surface area (Å²) >= 11 is 0. The van der Waals surface area contributed by atoms with E-state index in [1.54, 1.807) is 0 Å². The summed E-state index contributed by atoms with van der Waals surface area (Å²) in [6.07, 6.45) is 0.187. The Morgan fingerprint density at radius 1 is 1.48 bits per heavy atom. The molecule has 0 aromatic carbocycles. The molecule has 2 heterocycles. The first-order chi connectivity index (χ1) is 9.84. The number of carboxylic acid groups (broad SMARTS) is 1. The number of carboxylic acids is 1. The summed E-state index contributed by atoms with van der Waals surface area (Å²) in [6, 6.07) is -0.575. The third-order valence-corrected chi connectivity index (χ3v) is 4.01. The van der Waals surface area contributed by atoms with E-state index in [-0.39, 0.29) is 25.6 Å². The predicted octanol–water partition coefficient (Wildman–Crippen LogP) is -1.06. The first kappa shape index (κ1) is 16.0. The van der Waals surface area contributed by atoms with Crippen LogP contribution in [0.1, 0.15) is 12.8 Å². The zero-order valence-electron chi connectivity index (χ0n) is 12.4. The van der Waals surface area contributed by atoms with Gasteiger partial charge in [-0.15, -0.1) is 0 Å². The number of nitrogens with zero attached hydrogens (tertiary/aromatic N) is 2. The standard InChI is InChI=1S/C13H23N3O5/c1-15(2)6-9-5-10(17)7-16(9)12(20)14-13(11(18)19)3-4-21-8-13/h9-10,17H,3-8H2,1-2H3,(H,14,20)(H,18,19). The van der Waals surface area contributed by atoms with Crippen molar-refractivity contribution < 1.29 is 24.5 Å². The van der Waals surface area contributed by atoms with Crippen molar-refractivity contribution in [2.45, 2.75) is 30.5 Å². The van der Waals surface area contributed by atoms with Crippen molar-refractivity contribution >= 4 is 12.0 Å². The Morgan fingerprint density at radius 2 is 2.19 bits per heavy atom. The number of urea groups is 1. The number of likely N-dealkylation sites (N-methyl/N-ethyl adjacent to an activating group) is 1. The molecule has 0 bridgehead atoms. The first-order valence-corrected chi connectivity index (χ1v) is 7.07. The van der Waals surface area contributed by atoms with Crippen molar-refractivity contribution in [2.24, 2.45) is 0 Å². The van der Waals surface area contributed by atoms with Gasteiger partial charge in [-0.1, -0.05) is 0 Å². The van der Waals surface area contributed by atoms with E-state index in [0.29, 0.717) is 19.6 Å². The highest BCUT2D eigenvalue weighted by atomic mass is 16.5. The van der Waals surface area contributed by atoms with E-state index in [1.807, 2.05) is 19.0 Å². The van der Waals surface area contributed by atoms with Gasteiger partial charge in [0.2, 0.25) is 0 Å². The molecule has 0 aliphatic carbocycles. The number of aliphatic hydroxyl groups is 1. The van der Waals surface area contributed by atoms with E-state index < -0.39 is 23.6 Å². The number of hydrogen-bond acceptors (Lipinski definition) is 5. The van der Waals surface area contributed by atoms with Crippen LogP contribution in [0.3, 0.4) is 0 Å². The van der Waals surface area contributed by atoms with Gasteiger partial charge >= 0.3 is 12.0 Å². The van der Waals surface area contributed by atoms with E-state index in [2.05, 4.69) is 5.32 Å². The van der Waals surface area contributed by atoms with Gasteiger partial charge in [0.15, 0.2) is 5.54 Å². The minimum atomic E-state index is -1.35. The molecule has 2 saturated heterocycles. The molecule has 3 atom stereocenters. The van der Waals surface area contributed by atoms with Crippen LogP contribution in [0.4, 0.5) is 4.79 Å². The second-order valence-electron chi connectivity index (χ2n) is 6.08. The van der Waals surface area contributed by atoms with Crippen LogP contribution in [-0.2, 0) is 9.53 Å². The highest BCUT2D eigenvalue weighted by Crippen LogP contribution is 2.23. The van der Waals surface area contributed by atoms with Gasteiger partial charge in [-0.3, -0.25) is 0 Å². The molecule has 0 saturated carbocycles. The van der Waals surface area contributed by atoms with Crippen LogP contribution in [0.5, 0.6) is 0 Å². The first-order valence-electron chi connectivity index (χ1n) is 7.07. The van der Waals surface area contributed by atoms with Gasteiger partial charge in [-0.05, 0) is 20.5 Å². The Bertz CT molecular complexity index is 409. The molecule has 0 aromatic rings. The van der Waals surface area contributed by atoms with Gasteiger partial charge in [0.05, 0.1) is 12.7 Å². The van der Waals surface area contributed by atoms with Crippen LogP contribution in [0, 0.1) is 0 Å². The lowest BCUT2D eigenvalue weighted by atomic mass is 9.99. The summed E-state index contributed by atoms with van der Waals surface area (Å²) in [5, 5.41) is 21.7. The Labute approximate surface area is 123 Å². The molecule has 2 amide bonds. The monoisotopic (exact) mass is 301 g/mol. The second-order valence-corrected chi connectivity index (χ2v) is 6.08. The van der Waals surface area contributed by atoms with Crippen molar-refractivity contribution in [3.8, 4) is 0 Å². The number of β-amino-alcohol motifs (C(OH)–C–C–N with tert-alkyl or cyclic N) is 1. The molecular weight excluding hydrogens is 278 g/mol. The molecule has 0 aromatic heterocycles. The quantitative estimate of drug-likeness (QED) is 0.611. The second kappa shape index (κ2) is 6.17. The molecule has 3 unspecified atom stereocenters. The number of likely N-dealkylation sites (tertiary alicyclic amines) is 1. The molecule has 0 radical (unpaired) electrons. The largest absolute Gasteiger partial charge is 0.479 e. The van der Waals surface area contributed by atoms with Gasteiger partial charge in [0.25, 0.3) is 0 Å². The van der Waals surface area contributed by atoms with Crippen LogP contribution < -0.4 is 5.32 Å². The number of rotatable bonds is 4.